The van der Waals surface area contributed by atoms with Gasteiger partial charge in [-0.3, -0.25) is 0 Å². The average molecular weight is 249 g/mol. The Morgan fingerprint density at radius 3 is 2.83 bits per heavy atom. The van der Waals surface area contributed by atoms with Gasteiger partial charge >= 0.3 is 0 Å². The Labute approximate surface area is 109 Å². The number of ether oxygens (including phenoxy) is 1. The minimum atomic E-state index is -0.0484. The summed E-state index contributed by atoms with van der Waals surface area (Å²) in [6.45, 7) is 5.29. The Bertz CT molecular complexity index is 422. The van der Waals surface area contributed by atoms with Crippen LogP contribution in [0.4, 0.5) is 0 Å². The number of rotatable bonds is 4. The molecule has 4 nitrogen and oxygen atoms in total. The lowest BCUT2D eigenvalue weighted by molar-refractivity contribution is 0.0738. The molecule has 2 unspecified atom stereocenters. The van der Waals surface area contributed by atoms with E-state index in [9.17, 15) is 0 Å². The summed E-state index contributed by atoms with van der Waals surface area (Å²) in [6.07, 6.45) is 8.15. The number of aromatic nitrogens is 2. The highest BCUT2D eigenvalue weighted by molar-refractivity contribution is 5.13. The molecular weight excluding hydrogens is 226 g/mol. The van der Waals surface area contributed by atoms with E-state index >= 15 is 0 Å². The van der Waals surface area contributed by atoms with E-state index in [-0.39, 0.29) is 5.54 Å². The fraction of sp³-hybridized carbons (Fsp3) is 0.786. The van der Waals surface area contributed by atoms with Crippen LogP contribution in [0.25, 0.3) is 0 Å². The zero-order chi connectivity index (χ0) is 12.8. The highest BCUT2D eigenvalue weighted by Gasteiger charge is 2.42. The summed E-state index contributed by atoms with van der Waals surface area (Å²) in [5, 5.41) is 3.37. The predicted octanol–water partition coefficient (Wildman–Crippen LogP) is 2.08. The van der Waals surface area contributed by atoms with Gasteiger partial charge < -0.3 is 14.6 Å². The van der Waals surface area contributed by atoms with E-state index in [0.717, 1.165) is 18.9 Å². The second-order valence-electron chi connectivity index (χ2n) is 6.09. The lowest BCUT2D eigenvalue weighted by atomic mass is 9.99. The lowest BCUT2D eigenvalue weighted by Crippen LogP contribution is -2.37. The molecule has 1 aromatic heterocycles. The van der Waals surface area contributed by atoms with Gasteiger partial charge in [0.15, 0.2) is 0 Å². The van der Waals surface area contributed by atoms with Crippen molar-refractivity contribution >= 4 is 0 Å². The van der Waals surface area contributed by atoms with E-state index < -0.39 is 0 Å². The van der Waals surface area contributed by atoms with E-state index in [4.69, 9.17) is 4.74 Å². The van der Waals surface area contributed by atoms with Crippen molar-refractivity contribution in [1.82, 2.24) is 14.9 Å². The smallest absolute Gasteiger partial charge is 0.0952 e. The molecule has 0 bridgehead atoms. The quantitative estimate of drug-likeness (QED) is 0.888. The monoisotopic (exact) mass is 249 g/mol. The van der Waals surface area contributed by atoms with E-state index in [0.29, 0.717) is 12.1 Å². The molecule has 0 amide bonds. The largest absolute Gasteiger partial charge is 0.376 e. The minimum Gasteiger partial charge on any atom is -0.376 e. The van der Waals surface area contributed by atoms with Crippen molar-refractivity contribution in [3.63, 3.8) is 0 Å². The molecule has 1 saturated carbocycles. The molecule has 1 saturated heterocycles. The van der Waals surface area contributed by atoms with E-state index in [2.05, 4.69) is 28.7 Å². The van der Waals surface area contributed by atoms with Gasteiger partial charge in [0.2, 0.25) is 0 Å². The summed E-state index contributed by atoms with van der Waals surface area (Å²) in [4.78, 5) is 4.36. The predicted molar refractivity (Wildman–Crippen MR) is 70.4 cm³/mol. The van der Waals surface area contributed by atoms with Crippen molar-refractivity contribution in [3.8, 4) is 0 Å². The normalized spacial score (nSPS) is 28.8. The van der Waals surface area contributed by atoms with Gasteiger partial charge in [0.05, 0.1) is 35.9 Å². The van der Waals surface area contributed by atoms with Crippen molar-refractivity contribution in [2.24, 2.45) is 5.92 Å². The number of nitrogens with zero attached hydrogens (tertiary/aromatic N) is 2. The maximum absolute atomic E-state index is 5.95. The molecule has 2 aliphatic rings. The molecule has 2 atom stereocenters. The molecule has 4 heteroatoms. The van der Waals surface area contributed by atoms with Crippen LogP contribution in [0.1, 0.15) is 44.8 Å². The number of hydrogen-bond donors (Lipinski definition) is 1. The molecule has 2 heterocycles. The summed E-state index contributed by atoms with van der Waals surface area (Å²) >= 11 is 0. The highest BCUT2D eigenvalue weighted by Crippen LogP contribution is 2.44. The zero-order valence-corrected chi connectivity index (χ0v) is 11.5. The van der Waals surface area contributed by atoms with E-state index in [1.54, 1.807) is 0 Å². The van der Waals surface area contributed by atoms with Gasteiger partial charge in [-0.15, -0.1) is 0 Å². The van der Waals surface area contributed by atoms with Crippen LogP contribution in [0.2, 0.25) is 0 Å². The van der Waals surface area contributed by atoms with Crippen molar-refractivity contribution in [3.05, 3.63) is 18.2 Å². The van der Waals surface area contributed by atoms with Crippen LogP contribution in [-0.2, 0) is 10.3 Å². The summed E-state index contributed by atoms with van der Waals surface area (Å²) in [5.41, 5.74) is 1.21. The first kappa shape index (κ1) is 12.2. The minimum absolute atomic E-state index is 0.0484. The van der Waals surface area contributed by atoms with Gasteiger partial charge in [0, 0.05) is 6.61 Å². The Balaban J connectivity index is 1.90. The first-order valence-electron chi connectivity index (χ1n) is 6.96. The third kappa shape index (κ3) is 1.97. The molecule has 1 aliphatic carbocycles. The van der Waals surface area contributed by atoms with Crippen LogP contribution in [0.3, 0.4) is 0 Å². The third-order valence-corrected chi connectivity index (χ3v) is 4.48. The maximum atomic E-state index is 5.95. The van der Waals surface area contributed by atoms with Gasteiger partial charge in [-0.25, -0.2) is 4.98 Å². The first-order valence-corrected chi connectivity index (χ1v) is 6.96. The van der Waals surface area contributed by atoms with Gasteiger partial charge in [-0.05, 0) is 46.1 Å². The standard InChI is InChI=1S/C14H23N3O/c1-14(2,15-3)12-8-16-9-17(12)11-6-7-18-13(11)10-4-5-10/h8-11,13,15H,4-7H2,1-3H3. The SMILES string of the molecule is CNC(C)(C)c1cncn1C1CCOC1C1CC1. The summed E-state index contributed by atoms with van der Waals surface area (Å²) in [5.74, 6) is 0.783. The van der Waals surface area contributed by atoms with Crippen molar-refractivity contribution in [2.45, 2.75) is 50.8 Å². The Kier molecular flexibility index (Phi) is 2.94. The lowest BCUT2D eigenvalue weighted by Gasteiger charge is -2.29. The zero-order valence-electron chi connectivity index (χ0n) is 11.5. The first-order chi connectivity index (χ1) is 8.63. The number of imidazole rings is 1. The molecule has 0 spiro atoms. The fourth-order valence-corrected chi connectivity index (χ4v) is 2.95. The van der Waals surface area contributed by atoms with Gasteiger partial charge in [0.1, 0.15) is 0 Å². The van der Waals surface area contributed by atoms with E-state index in [1.807, 2.05) is 19.6 Å². The summed E-state index contributed by atoms with van der Waals surface area (Å²) in [7, 11) is 2.00. The van der Waals surface area contributed by atoms with E-state index in [1.165, 1.54) is 18.5 Å². The van der Waals surface area contributed by atoms with Gasteiger partial charge in [0.25, 0.3) is 0 Å². The highest BCUT2D eigenvalue weighted by atomic mass is 16.5. The Morgan fingerprint density at radius 1 is 1.39 bits per heavy atom. The molecular formula is C14H23N3O. The van der Waals surface area contributed by atoms with Gasteiger partial charge in [-0.2, -0.15) is 0 Å². The molecule has 3 rings (SSSR count). The van der Waals surface area contributed by atoms with Crippen LogP contribution >= 0.6 is 0 Å². The molecule has 100 valence electrons. The Morgan fingerprint density at radius 2 is 2.17 bits per heavy atom. The van der Waals surface area contributed by atoms with Crippen LogP contribution in [0, 0.1) is 5.92 Å². The third-order valence-electron chi connectivity index (χ3n) is 4.48. The second-order valence-corrected chi connectivity index (χ2v) is 6.09. The van der Waals surface area contributed by atoms with Crippen molar-refractivity contribution in [2.75, 3.05) is 13.7 Å². The molecule has 2 fully saturated rings. The molecule has 1 N–H and O–H groups in total. The van der Waals surface area contributed by atoms with Crippen LogP contribution in [0.5, 0.6) is 0 Å². The number of hydrogen-bond acceptors (Lipinski definition) is 3. The Hall–Kier alpha value is -0.870. The van der Waals surface area contributed by atoms with Crippen LogP contribution in [-0.4, -0.2) is 29.3 Å². The molecule has 0 radical (unpaired) electrons. The van der Waals surface area contributed by atoms with Crippen LogP contribution < -0.4 is 5.32 Å². The summed E-state index contributed by atoms with van der Waals surface area (Å²) in [6, 6.07) is 0.475. The van der Waals surface area contributed by atoms with Gasteiger partial charge in [-0.1, -0.05) is 0 Å². The van der Waals surface area contributed by atoms with Crippen LogP contribution in [0.15, 0.2) is 12.5 Å². The molecule has 18 heavy (non-hydrogen) atoms. The maximum Gasteiger partial charge on any atom is 0.0952 e. The fourth-order valence-electron chi connectivity index (χ4n) is 2.95. The number of nitrogens with one attached hydrogen (secondary N) is 1. The summed E-state index contributed by atoms with van der Waals surface area (Å²) < 4.78 is 8.29. The molecule has 1 aromatic rings. The topological polar surface area (TPSA) is 39.1 Å². The van der Waals surface area contributed by atoms with Crippen molar-refractivity contribution in [1.29, 1.82) is 0 Å². The second kappa shape index (κ2) is 4.35. The molecule has 0 aromatic carbocycles. The van der Waals surface area contributed by atoms with Crippen molar-refractivity contribution < 1.29 is 4.74 Å². The average Bonchev–Trinajstić information content (AvgIpc) is 2.91. The molecule has 1 aliphatic heterocycles.